The van der Waals surface area contributed by atoms with E-state index in [1.165, 1.54) is 11.3 Å². The van der Waals surface area contributed by atoms with Gasteiger partial charge in [0.25, 0.3) is 5.91 Å². The molecule has 0 radical (unpaired) electrons. The molecular formula is C21H26N2O2S. The van der Waals surface area contributed by atoms with Crippen LogP contribution in [0.2, 0.25) is 0 Å². The summed E-state index contributed by atoms with van der Waals surface area (Å²) >= 11 is 1.54. The molecule has 1 fully saturated rings. The quantitative estimate of drug-likeness (QED) is 0.776. The fourth-order valence-electron chi connectivity index (χ4n) is 3.24. The normalized spacial score (nSPS) is 15.0. The summed E-state index contributed by atoms with van der Waals surface area (Å²) in [7, 11) is 0. The zero-order valence-electron chi connectivity index (χ0n) is 15.2. The van der Waals surface area contributed by atoms with Crippen molar-refractivity contribution >= 4 is 23.2 Å². The van der Waals surface area contributed by atoms with Crippen molar-refractivity contribution < 1.29 is 9.59 Å². The third-order valence-electron chi connectivity index (χ3n) is 4.86. The molecule has 0 bridgehead atoms. The number of thiophene rings is 1. The number of unbranched alkanes of at least 4 members (excludes halogenated alkanes) is 1. The van der Waals surface area contributed by atoms with Crippen molar-refractivity contribution in [2.24, 2.45) is 5.92 Å². The maximum atomic E-state index is 12.8. The highest BCUT2D eigenvalue weighted by atomic mass is 32.1. The first-order chi connectivity index (χ1) is 12.7. The van der Waals surface area contributed by atoms with Gasteiger partial charge in [0.15, 0.2) is 0 Å². The highest BCUT2D eigenvalue weighted by Crippen LogP contribution is 2.29. The first-order valence-corrected chi connectivity index (χ1v) is 10.2. The number of nitrogens with one attached hydrogen (secondary N) is 1. The first kappa shape index (κ1) is 18.6. The molecular weight excluding hydrogens is 344 g/mol. The Hall–Kier alpha value is -2.14. The number of amides is 2. The molecule has 0 spiro atoms. The summed E-state index contributed by atoms with van der Waals surface area (Å²) in [4.78, 5) is 28.7. The molecule has 4 nitrogen and oxygen atoms in total. The lowest BCUT2D eigenvalue weighted by Crippen LogP contribution is -2.43. The maximum Gasteiger partial charge on any atom is 0.263 e. The lowest BCUT2D eigenvalue weighted by molar-refractivity contribution is -0.126. The van der Waals surface area contributed by atoms with Crippen molar-refractivity contribution in [3.63, 3.8) is 0 Å². The molecule has 0 saturated carbocycles. The van der Waals surface area contributed by atoms with Crippen LogP contribution in [0.3, 0.4) is 0 Å². The molecule has 1 aliphatic heterocycles. The summed E-state index contributed by atoms with van der Waals surface area (Å²) in [5.74, 6) is 0.272. The van der Waals surface area contributed by atoms with E-state index in [1.54, 1.807) is 0 Å². The minimum Gasteiger partial charge on any atom is -0.356 e. The summed E-state index contributed by atoms with van der Waals surface area (Å²) in [6, 6.07) is 14.1. The fraction of sp³-hybridized carbons (Fsp3) is 0.429. The second kappa shape index (κ2) is 8.99. The van der Waals surface area contributed by atoms with Gasteiger partial charge in [-0.3, -0.25) is 9.59 Å². The maximum absolute atomic E-state index is 12.8. The van der Waals surface area contributed by atoms with Gasteiger partial charge in [-0.05, 0) is 37.0 Å². The minimum absolute atomic E-state index is 0.0409. The third kappa shape index (κ3) is 4.52. The van der Waals surface area contributed by atoms with Gasteiger partial charge < -0.3 is 10.2 Å². The van der Waals surface area contributed by atoms with E-state index in [4.69, 9.17) is 0 Å². The molecule has 1 aromatic heterocycles. The van der Waals surface area contributed by atoms with Crippen LogP contribution in [-0.4, -0.2) is 36.3 Å². The SMILES string of the molecule is CCCCNC(=O)C1CCN(C(=O)c2ccc(-c3ccccc3)s2)CC1. The van der Waals surface area contributed by atoms with Crippen LogP contribution >= 0.6 is 11.3 Å². The smallest absolute Gasteiger partial charge is 0.263 e. The van der Waals surface area contributed by atoms with Gasteiger partial charge in [0, 0.05) is 30.4 Å². The van der Waals surface area contributed by atoms with E-state index in [2.05, 4.69) is 24.4 Å². The Kier molecular flexibility index (Phi) is 6.45. The second-order valence-corrected chi connectivity index (χ2v) is 7.82. The fourth-order valence-corrected chi connectivity index (χ4v) is 4.22. The van der Waals surface area contributed by atoms with E-state index in [0.29, 0.717) is 13.1 Å². The summed E-state index contributed by atoms with van der Waals surface area (Å²) in [5.41, 5.74) is 1.14. The van der Waals surface area contributed by atoms with Crippen LogP contribution < -0.4 is 5.32 Å². The number of hydrogen-bond donors (Lipinski definition) is 1. The lowest BCUT2D eigenvalue weighted by Gasteiger charge is -2.31. The molecule has 2 amide bonds. The van der Waals surface area contributed by atoms with Crippen LogP contribution in [0.25, 0.3) is 10.4 Å². The minimum atomic E-state index is 0.0409. The Morgan fingerprint density at radius 2 is 1.85 bits per heavy atom. The van der Waals surface area contributed by atoms with Gasteiger partial charge in [-0.2, -0.15) is 0 Å². The molecule has 1 saturated heterocycles. The third-order valence-corrected chi connectivity index (χ3v) is 5.98. The van der Waals surface area contributed by atoms with Gasteiger partial charge in [-0.15, -0.1) is 11.3 Å². The van der Waals surface area contributed by atoms with E-state index in [0.717, 1.165) is 47.5 Å². The predicted molar refractivity (Wildman–Crippen MR) is 106 cm³/mol. The highest BCUT2D eigenvalue weighted by molar-refractivity contribution is 7.17. The van der Waals surface area contributed by atoms with Crippen LogP contribution in [-0.2, 0) is 4.79 Å². The largest absolute Gasteiger partial charge is 0.356 e. The summed E-state index contributed by atoms with van der Waals surface area (Å²) < 4.78 is 0. The molecule has 0 aliphatic carbocycles. The molecule has 138 valence electrons. The highest BCUT2D eigenvalue weighted by Gasteiger charge is 2.28. The molecule has 1 aromatic carbocycles. The molecule has 5 heteroatoms. The standard InChI is InChI=1S/C21H26N2O2S/c1-2-3-13-22-20(24)17-11-14-23(15-12-17)21(25)19-10-9-18(26-19)16-7-5-4-6-8-16/h4-10,17H,2-3,11-15H2,1H3,(H,22,24). The van der Waals surface area contributed by atoms with Crippen LogP contribution in [0, 0.1) is 5.92 Å². The van der Waals surface area contributed by atoms with Crippen LogP contribution in [0.5, 0.6) is 0 Å². The zero-order chi connectivity index (χ0) is 18.4. The van der Waals surface area contributed by atoms with E-state index in [9.17, 15) is 9.59 Å². The first-order valence-electron chi connectivity index (χ1n) is 9.41. The van der Waals surface area contributed by atoms with Crippen molar-refractivity contribution in [2.45, 2.75) is 32.6 Å². The second-order valence-electron chi connectivity index (χ2n) is 6.74. The van der Waals surface area contributed by atoms with Gasteiger partial charge in [0.2, 0.25) is 5.91 Å². The summed E-state index contributed by atoms with van der Waals surface area (Å²) in [6.07, 6.45) is 3.60. The van der Waals surface area contributed by atoms with E-state index < -0.39 is 0 Å². The molecule has 1 aliphatic rings. The Morgan fingerprint density at radius 1 is 1.12 bits per heavy atom. The molecule has 3 rings (SSSR count). The van der Waals surface area contributed by atoms with Gasteiger partial charge in [-0.1, -0.05) is 43.7 Å². The van der Waals surface area contributed by atoms with Gasteiger partial charge in [0.05, 0.1) is 4.88 Å². The Labute approximate surface area is 159 Å². The molecule has 0 unspecified atom stereocenters. The molecule has 1 N–H and O–H groups in total. The molecule has 26 heavy (non-hydrogen) atoms. The average molecular weight is 371 g/mol. The lowest BCUT2D eigenvalue weighted by atomic mass is 9.95. The Bertz CT molecular complexity index is 733. The van der Waals surface area contributed by atoms with Crippen molar-refractivity contribution in [3.8, 4) is 10.4 Å². The molecule has 2 aromatic rings. The number of carbonyl (C=O) groups is 2. The average Bonchev–Trinajstić information content (AvgIpc) is 3.18. The summed E-state index contributed by atoms with van der Waals surface area (Å²) in [5, 5.41) is 3.01. The zero-order valence-corrected chi connectivity index (χ0v) is 16.1. The van der Waals surface area contributed by atoms with Crippen LogP contribution in [0.4, 0.5) is 0 Å². The Morgan fingerprint density at radius 3 is 2.54 bits per heavy atom. The van der Waals surface area contributed by atoms with Crippen molar-refractivity contribution in [3.05, 3.63) is 47.3 Å². The van der Waals surface area contributed by atoms with Gasteiger partial charge in [-0.25, -0.2) is 0 Å². The number of piperidine rings is 1. The topological polar surface area (TPSA) is 49.4 Å². The Balaban J connectivity index is 1.54. The van der Waals surface area contributed by atoms with Crippen LogP contribution in [0.1, 0.15) is 42.3 Å². The number of carbonyl (C=O) groups excluding carboxylic acids is 2. The van der Waals surface area contributed by atoms with Gasteiger partial charge in [0.1, 0.15) is 0 Å². The van der Waals surface area contributed by atoms with Crippen molar-refractivity contribution in [2.75, 3.05) is 19.6 Å². The van der Waals surface area contributed by atoms with E-state index in [-0.39, 0.29) is 17.7 Å². The van der Waals surface area contributed by atoms with Crippen LogP contribution in [0.15, 0.2) is 42.5 Å². The monoisotopic (exact) mass is 370 g/mol. The van der Waals surface area contributed by atoms with Crippen molar-refractivity contribution in [1.29, 1.82) is 0 Å². The number of likely N-dealkylation sites (tertiary alicyclic amines) is 1. The van der Waals surface area contributed by atoms with Gasteiger partial charge >= 0.3 is 0 Å². The number of benzene rings is 1. The number of hydrogen-bond acceptors (Lipinski definition) is 3. The summed E-state index contributed by atoms with van der Waals surface area (Å²) in [6.45, 7) is 4.18. The van der Waals surface area contributed by atoms with E-state index in [1.807, 2.05) is 35.2 Å². The number of nitrogens with zero attached hydrogens (tertiary/aromatic N) is 1. The predicted octanol–water partition coefficient (Wildman–Crippen LogP) is 4.18. The van der Waals surface area contributed by atoms with Crippen molar-refractivity contribution in [1.82, 2.24) is 10.2 Å². The number of rotatable bonds is 6. The molecule has 2 heterocycles. The van der Waals surface area contributed by atoms with E-state index >= 15 is 0 Å². The molecule has 0 atom stereocenters.